The summed E-state index contributed by atoms with van der Waals surface area (Å²) in [6.45, 7) is 2.69. The SMILES string of the molecule is CCCc1nc(C(=O)N2CCCc3c(N)cccc32)nn1-c1ccccc1Cl. The van der Waals surface area contributed by atoms with Crippen molar-refractivity contribution < 1.29 is 4.79 Å². The maximum Gasteiger partial charge on any atom is 0.297 e. The second-order valence-corrected chi connectivity index (χ2v) is 7.28. The van der Waals surface area contributed by atoms with Crippen LogP contribution in [0.2, 0.25) is 5.02 Å². The number of hydrogen-bond donors (Lipinski definition) is 1. The van der Waals surface area contributed by atoms with Gasteiger partial charge in [-0.1, -0.05) is 36.7 Å². The number of carbonyl (C=O) groups excluding carboxylic acids is 1. The van der Waals surface area contributed by atoms with E-state index in [1.165, 1.54) is 0 Å². The summed E-state index contributed by atoms with van der Waals surface area (Å²) in [5.41, 5.74) is 9.42. The Morgan fingerprint density at radius 2 is 1.96 bits per heavy atom. The van der Waals surface area contributed by atoms with Gasteiger partial charge >= 0.3 is 0 Å². The van der Waals surface area contributed by atoms with Crippen LogP contribution in [-0.4, -0.2) is 27.2 Å². The summed E-state index contributed by atoms with van der Waals surface area (Å²) in [6.07, 6.45) is 3.32. The molecule has 0 radical (unpaired) electrons. The molecule has 1 amide bonds. The van der Waals surface area contributed by atoms with Crippen LogP contribution in [0.5, 0.6) is 0 Å². The van der Waals surface area contributed by atoms with Crippen LogP contribution in [0, 0.1) is 0 Å². The van der Waals surface area contributed by atoms with Gasteiger partial charge in [0.2, 0.25) is 5.82 Å². The summed E-state index contributed by atoms with van der Waals surface area (Å²) < 4.78 is 1.68. The summed E-state index contributed by atoms with van der Waals surface area (Å²) in [5, 5.41) is 5.10. The third-order valence-corrected chi connectivity index (χ3v) is 5.27. The molecule has 0 fully saturated rings. The van der Waals surface area contributed by atoms with Crippen molar-refractivity contribution in [2.45, 2.75) is 32.6 Å². The predicted molar refractivity (Wildman–Crippen MR) is 111 cm³/mol. The van der Waals surface area contributed by atoms with Crippen LogP contribution in [-0.2, 0) is 12.8 Å². The van der Waals surface area contributed by atoms with Gasteiger partial charge in [0.15, 0.2) is 0 Å². The summed E-state index contributed by atoms with van der Waals surface area (Å²) in [4.78, 5) is 19.6. The molecule has 3 aromatic rings. The van der Waals surface area contributed by atoms with Crippen LogP contribution < -0.4 is 10.6 Å². The number of anilines is 2. The maximum atomic E-state index is 13.3. The molecule has 1 aliphatic heterocycles. The molecule has 2 N–H and O–H groups in total. The smallest absolute Gasteiger partial charge is 0.297 e. The number of carbonyl (C=O) groups is 1. The first kappa shape index (κ1) is 18.5. The van der Waals surface area contributed by atoms with Gasteiger partial charge in [-0.25, -0.2) is 9.67 Å². The largest absolute Gasteiger partial charge is 0.398 e. The van der Waals surface area contributed by atoms with Crippen molar-refractivity contribution in [3.8, 4) is 5.69 Å². The van der Waals surface area contributed by atoms with Crippen LogP contribution in [0.15, 0.2) is 42.5 Å². The molecule has 0 saturated carbocycles. The zero-order valence-electron chi connectivity index (χ0n) is 15.7. The quantitative estimate of drug-likeness (QED) is 0.676. The fourth-order valence-electron chi connectivity index (χ4n) is 3.62. The van der Waals surface area contributed by atoms with Crippen molar-refractivity contribution >= 4 is 28.9 Å². The molecule has 144 valence electrons. The second-order valence-electron chi connectivity index (χ2n) is 6.87. The average Bonchev–Trinajstić information content (AvgIpc) is 3.12. The van der Waals surface area contributed by atoms with Crippen LogP contribution in [0.4, 0.5) is 11.4 Å². The van der Waals surface area contributed by atoms with E-state index in [0.29, 0.717) is 18.0 Å². The van der Waals surface area contributed by atoms with E-state index in [9.17, 15) is 4.79 Å². The Labute approximate surface area is 168 Å². The van der Waals surface area contributed by atoms with Gasteiger partial charge < -0.3 is 10.6 Å². The van der Waals surface area contributed by atoms with Gasteiger partial charge in [-0.3, -0.25) is 4.79 Å². The summed E-state index contributed by atoms with van der Waals surface area (Å²) in [5.74, 6) is 0.692. The molecule has 1 aromatic heterocycles. The Balaban J connectivity index is 1.75. The number of benzene rings is 2. The van der Waals surface area contributed by atoms with Crippen LogP contribution in [0.3, 0.4) is 0 Å². The number of nitrogens with two attached hydrogens (primary N) is 1. The molecule has 2 heterocycles. The molecule has 28 heavy (non-hydrogen) atoms. The van der Waals surface area contributed by atoms with Crippen molar-refractivity contribution in [3.63, 3.8) is 0 Å². The van der Waals surface area contributed by atoms with E-state index in [4.69, 9.17) is 17.3 Å². The van der Waals surface area contributed by atoms with E-state index in [2.05, 4.69) is 17.0 Å². The number of fused-ring (bicyclic) bond motifs is 1. The molecule has 2 aromatic carbocycles. The normalized spacial score (nSPS) is 13.4. The fraction of sp³-hybridized carbons (Fsp3) is 0.286. The number of hydrogen-bond acceptors (Lipinski definition) is 4. The molecule has 0 saturated heterocycles. The molecule has 0 spiro atoms. The summed E-state index contributed by atoms with van der Waals surface area (Å²) >= 11 is 6.35. The Bertz CT molecular complexity index is 1030. The third-order valence-electron chi connectivity index (χ3n) is 4.95. The minimum Gasteiger partial charge on any atom is -0.398 e. The molecule has 7 heteroatoms. The standard InChI is InChI=1S/C21H22ClN5O/c1-2-7-19-24-20(25-27(19)18-11-4-3-9-15(18)22)21(28)26-13-6-8-14-16(23)10-5-12-17(14)26/h3-5,9-12H,2,6-8,13,23H2,1H3. The van der Waals surface area contributed by atoms with E-state index in [0.717, 1.165) is 47.7 Å². The number of para-hydroxylation sites is 1. The van der Waals surface area contributed by atoms with Crippen molar-refractivity contribution in [2.75, 3.05) is 17.2 Å². The van der Waals surface area contributed by atoms with E-state index in [1.54, 1.807) is 15.6 Å². The lowest BCUT2D eigenvalue weighted by Crippen LogP contribution is -2.36. The molecule has 4 rings (SSSR count). The third kappa shape index (κ3) is 3.24. The summed E-state index contributed by atoms with van der Waals surface area (Å²) in [7, 11) is 0. The number of aromatic nitrogens is 3. The highest BCUT2D eigenvalue weighted by Gasteiger charge is 2.28. The molecule has 0 unspecified atom stereocenters. The Morgan fingerprint density at radius 1 is 1.18 bits per heavy atom. The lowest BCUT2D eigenvalue weighted by Gasteiger charge is -2.29. The predicted octanol–water partition coefficient (Wildman–Crippen LogP) is 4.05. The second kappa shape index (κ2) is 7.64. The van der Waals surface area contributed by atoms with Crippen LogP contribution in [0.25, 0.3) is 5.69 Å². The van der Waals surface area contributed by atoms with Gasteiger partial charge in [0.05, 0.1) is 10.7 Å². The molecule has 0 bridgehead atoms. The molecule has 0 aliphatic carbocycles. The van der Waals surface area contributed by atoms with E-state index in [-0.39, 0.29) is 11.7 Å². The Morgan fingerprint density at radius 3 is 2.75 bits per heavy atom. The lowest BCUT2D eigenvalue weighted by atomic mass is 10.00. The topological polar surface area (TPSA) is 77.0 Å². The monoisotopic (exact) mass is 395 g/mol. The number of nitrogen functional groups attached to an aromatic ring is 1. The van der Waals surface area contributed by atoms with Crippen LogP contribution in [0.1, 0.15) is 41.8 Å². The minimum absolute atomic E-state index is 0.179. The highest BCUT2D eigenvalue weighted by molar-refractivity contribution is 6.32. The fourth-order valence-corrected chi connectivity index (χ4v) is 3.84. The van der Waals surface area contributed by atoms with Crippen LogP contribution >= 0.6 is 11.6 Å². The minimum atomic E-state index is -0.213. The van der Waals surface area contributed by atoms with Gasteiger partial charge in [-0.05, 0) is 49.1 Å². The number of amides is 1. The highest BCUT2D eigenvalue weighted by atomic mass is 35.5. The van der Waals surface area contributed by atoms with Crippen molar-refractivity contribution in [1.29, 1.82) is 0 Å². The van der Waals surface area contributed by atoms with Crippen molar-refractivity contribution in [1.82, 2.24) is 14.8 Å². The Hall–Kier alpha value is -2.86. The molecular weight excluding hydrogens is 374 g/mol. The van der Waals surface area contributed by atoms with E-state index < -0.39 is 0 Å². The molecule has 1 aliphatic rings. The van der Waals surface area contributed by atoms with Gasteiger partial charge in [0.1, 0.15) is 5.82 Å². The van der Waals surface area contributed by atoms with E-state index >= 15 is 0 Å². The average molecular weight is 396 g/mol. The first-order valence-electron chi connectivity index (χ1n) is 9.50. The zero-order valence-corrected chi connectivity index (χ0v) is 16.5. The molecular formula is C21H22ClN5O. The first-order valence-corrected chi connectivity index (χ1v) is 9.88. The van der Waals surface area contributed by atoms with Gasteiger partial charge in [0, 0.05) is 24.3 Å². The van der Waals surface area contributed by atoms with Crippen molar-refractivity contribution in [2.24, 2.45) is 0 Å². The lowest BCUT2D eigenvalue weighted by molar-refractivity contribution is 0.0975. The number of halogens is 1. The number of nitrogens with zero attached hydrogens (tertiary/aromatic N) is 4. The zero-order chi connectivity index (χ0) is 19.7. The summed E-state index contributed by atoms with van der Waals surface area (Å²) in [6, 6.07) is 13.1. The Kier molecular flexibility index (Phi) is 5.05. The first-order chi connectivity index (χ1) is 13.6. The number of aryl methyl sites for hydroxylation is 1. The highest BCUT2D eigenvalue weighted by Crippen LogP contribution is 2.32. The van der Waals surface area contributed by atoms with Crippen molar-refractivity contribution in [3.05, 3.63) is 64.7 Å². The van der Waals surface area contributed by atoms with Gasteiger partial charge in [0.25, 0.3) is 5.91 Å². The molecule has 0 atom stereocenters. The van der Waals surface area contributed by atoms with E-state index in [1.807, 2.05) is 36.4 Å². The molecule has 6 nitrogen and oxygen atoms in total. The van der Waals surface area contributed by atoms with Gasteiger partial charge in [-0.15, -0.1) is 5.10 Å². The number of rotatable bonds is 4. The maximum absolute atomic E-state index is 13.3. The van der Waals surface area contributed by atoms with Gasteiger partial charge in [-0.2, -0.15) is 0 Å².